The second-order valence-electron chi connectivity index (χ2n) is 12.1. The molecule has 3 rings (SSSR count). The lowest BCUT2D eigenvalue weighted by atomic mass is 9.65. The number of carbonyl (C=O) groups excluding carboxylic acids is 2. The molecular formula is C31H40ClNO5. The van der Waals surface area contributed by atoms with Crippen LogP contribution in [-0.4, -0.2) is 40.4 Å². The van der Waals surface area contributed by atoms with Crippen LogP contribution in [0.2, 0.25) is 5.02 Å². The zero-order valence-corrected chi connectivity index (χ0v) is 24.2. The van der Waals surface area contributed by atoms with Gasteiger partial charge < -0.3 is 19.9 Å². The standard InChI is InChI=1S/C31H40ClNO5/c1-29(2,3)37-27(34)25-23(33-18-17-20-11-9-8-10-12-20)19-31(7,36)26(28(35)38-30(4,5)6)24(25)21-13-15-22(32)16-14-21/h8-16,24,26,33,36H,17-19H2,1-7H3. The largest absolute Gasteiger partial charge is 0.460 e. The number of ether oxygens (including phenoxy) is 2. The molecule has 0 heterocycles. The quantitative estimate of drug-likeness (QED) is 0.420. The Morgan fingerprint density at radius 3 is 2.11 bits per heavy atom. The summed E-state index contributed by atoms with van der Waals surface area (Å²) in [5.41, 5.74) is -0.367. The summed E-state index contributed by atoms with van der Waals surface area (Å²) in [6, 6.07) is 17.0. The van der Waals surface area contributed by atoms with E-state index in [-0.39, 0.29) is 6.42 Å². The monoisotopic (exact) mass is 541 g/mol. The van der Waals surface area contributed by atoms with E-state index in [9.17, 15) is 14.7 Å². The van der Waals surface area contributed by atoms with Gasteiger partial charge in [0.05, 0.1) is 17.1 Å². The van der Waals surface area contributed by atoms with Gasteiger partial charge in [-0.3, -0.25) is 4.79 Å². The highest BCUT2D eigenvalue weighted by Gasteiger charge is 2.53. The molecule has 0 aliphatic heterocycles. The van der Waals surface area contributed by atoms with Crippen LogP contribution in [0, 0.1) is 5.92 Å². The van der Waals surface area contributed by atoms with Crippen LogP contribution in [0.3, 0.4) is 0 Å². The first-order chi connectivity index (χ1) is 17.6. The zero-order chi connectivity index (χ0) is 28.3. The predicted molar refractivity (Wildman–Crippen MR) is 150 cm³/mol. The van der Waals surface area contributed by atoms with Crippen LogP contribution in [0.5, 0.6) is 0 Å². The van der Waals surface area contributed by atoms with E-state index in [2.05, 4.69) is 5.32 Å². The van der Waals surface area contributed by atoms with Gasteiger partial charge in [0.2, 0.25) is 0 Å². The van der Waals surface area contributed by atoms with Gasteiger partial charge >= 0.3 is 11.9 Å². The molecule has 0 bridgehead atoms. The number of hydrogen-bond acceptors (Lipinski definition) is 6. The number of halogens is 1. The molecule has 0 saturated carbocycles. The van der Waals surface area contributed by atoms with Crippen molar-refractivity contribution < 1.29 is 24.2 Å². The first-order valence-corrected chi connectivity index (χ1v) is 13.4. The van der Waals surface area contributed by atoms with Crippen molar-refractivity contribution in [3.8, 4) is 0 Å². The van der Waals surface area contributed by atoms with Gasteiger partial charge in [0.25, 0.3) is 0 Å². The minimum absolute atomic E-state index is 0.0599. The number of rotatable bonds is 7. The fourth-order valence-corrected chi connectivity index (χ4v) is 4.93. The lowest BCUT2D eigenvalue weighted by Crippen LogP contribution is -2.52. The van der Waals surface area contributed by atoms with Crippen molar-refractivity contribution in [3.63, 3.8) is 0 Å². The second kappa shape index (κ2) is 11.5. The molecule has 1 aliphatic rings. The van der Waals surface area contributed by atoms with E-state index in [0.29, 0.717) is 28.4 Å². The van der Waals surface area contributed by atoms with E-state index in [4.69, 9.17) is 21.1 Å². The first kappa shape index (κ1) is 29.7. The maximum absolute atomic E-state index is 13.8. The highest BCUT2D eigenvalue weighted by molar-refractivity contribution is 6.30. The SMILES string of the molecule is CC(C)(C)OC(=O)C1=C(NCCc2ccccc2)CC(C)(O)C(C(=O)OC(C)(C)C)C1c1ccc(Cl)cc1. The number of hydrogen-bond donors (Lipinski definition) is 2. The fraction of sp³-hybridized carbons (Fsp3) is 0.484. The molecule has 2 aromatic carbocycles. The average molecular weight is 542 g/mol. The van der Waals surface area contributed by atoms with Crippen molar-refractivity contribution in [1.82, 2.24) is 5.32 Å². The Kier molecular flexibility index (Phi) is 9.00. The van der Waals surface area contributed by atoms with Crippen LogP contribution in [-0.2, 0) is 25.5 Å². The molecule has 1 aliphatic carbocycles. The Hall–Kier alpha value is -2.83. The lowest BCUT2D eigenvalue weighted by molar-refractivity contribution is -0.171. The highest BCUT2D eigenvalue weighted by Crippen LogP contribution is 2.48. The van der Waals surface area contributed by atoms with Crippen molar-refractivity contribution in [2.24, 2.45) is 5.92 Å². The molecule has 0 amide bonds. The van der Waals surface area contributed by atoms with Gasteiger partial charge in [-0.2, -0.15) is 0 Å². The van der Waals surface area contributed by atoms with Gasteiger partial charge in [-0.15, -0.1) is 0 Å². The molecule has 7 heteroatoms. The third-order valence-electron chi connectivity index (χ3n) is 6.28. The Morgan fingerprint density at radius 2 is 1.55 bits per heavy atom. The highest BCUT2D eigenvalue weighted by atomic mass is 35.5. The molecule has 6 nitrogen and oxygen atoms in total. The van der Waals surface area contributed by atoms with E-state index in [1.165, 1.54) is 0 Å². The van der Waals surface area contributed by atoms with Crippen LogP contribution in [0.25, 0.3) is 0 Å². The van der Waals surface area contributed by atoms with E-state index in [0.717, 1.165) is 12.0 Å². The Morgan fingerprint density at radius 1 is 0.974 bits per heavy atom. The molecule has 0 spiro atoms. The molecule has 0 radical (unpaired) electrons. The van der Waals surface area contributed by atoms with Crippen LogP contribution in [0.15, 0.2) is 65.9 Å². The smallest absolute Gasteiger partial charge is 0.336 e. The summed E-state index contributed by atoms with van der Waals surface area (Å²) in [7, 11) is 0. The molecular weight excluding hydrogens is 502 g/mol. The summed E-state index contributed by atoms with van der Waals surface area (Å²) in [6.45, 7) is 12.9. The minimum atomic E-state index is -1.51. The molecule has 0 fully saturated rings. The lowest BCUT2D eigenvalue weighted by Gasteiger charge is -2.44. The number of esters is 2. The Labute approximate surface area is 231 Å². The summed E-state index contributed by atoms with van der Waals surface area (Å²) in [5, 5.41) is 15.7. The van der Waals surface area contributed by atoms with Crippen LogP contribution in [0.4, 0.5) is 0 Å². The van der Waals surface area contributed by atoms with Crippen molar-refractivity contribution in [2.75, 3.05) is 6.54 Å². The van der Waals surface area contributed by atoms with Crippen molar-refractivity contribution >= 4 is 23.5 Å². The number of benzene rings is 2. The molecule has 206 valence electrons. The molecule has 2 N–H and O–H groups in total. The zero-order valence-electron chi connectivity index (χ0n) is 23.4. The van der Waals surface area contributed by atoms with Crippen molar-refractivity contribution in [3.05, 3.63) is 82.0 Å². The summed E-state index contributed by atoms with van der Waals surface area (Å²) in [6.07, 6.45) is 0.777. The molecule has 2 aromatic rings. The predicted octanol–water partition coefficient (Wildman–Crippen LogP) is 5.96. The van der Waals surface area contributed by atoms with Gasteiger partial charge in [-0.05, 0) is 78.1 Å². The van der Waals surface area contributed by atoms with E-state index >= 15 is 0 Å². The average Bonchev–Trinajstić information content (AvgIpc) is 2.76. The van der Waals surface area contributed by atoms with Crippen molar-refractivity contribution in [2.45, 2.75) is 84.0 Å². The van der Waals surface area contributed by atoms with E-state index in [1.54, 1.807) is 72.7 Å². The van der Waals surface area contributed by atoms with Gasteiger partial charge in [0.15, 0.2) is 0 Å². The van der Waals surface area contributed by atoms with Gasteiger partial charge in [0.1, 0.15) is 11.2 Å². The molecule has 0 aromatic heterocycles. The minimum Gasteiger partial charge on any atom is -0.460 e. The summed E-state index contributed by atoms with van der Waals surface area (Å²) >= 11 is 6.18. The Balaban J connectivity index is 2.15. The summed E-state index contributed by atoms with van der Waals surface area (Å²) in [5.74, 6) is -2.99. The summed E-state index contributed by atoms with van der Waals surface area (Å²) in [4.78, 5) is 27.4. The number of nitrogens with one attached hydrogen (secondary N) is 1. The molecule has 38 heavy (non-hydrogen) atoms. The third-order valence-corrected chi connectivity index (χ3v) is 6.53. The Bertz CT molecular complexity index is 1160. The molecule has 3 atom stereocenters. The van der Waals surface area contributed by atoms with Gasteiger partial charge in [-0.1, -0.05) is 54.1 Å². The maximum atomic E-state index is 13.8. The maximum Gasteiger partial charge on any atom is 0.336 e. The normalized spacial score (nSPS) is 22.1. The van der Waals surface area contributed by atoms with Gasteiger partial charge in [-0.25, -0.2) is 4.79 Å². The third kappa shape index (κ3) is 7.84. The number of carbonyl (C=O) groups is 2. The van der Waals surface area contributed by atoms with Crippen molar-refractivity contribution in [1.29, 1.82) is 0 Å². The second-order valence-corrected chi connectivity index (χ2v) is 12.6. The van der Waals surface area contributed by atoms with Crippen LogP contribution >= 0.6 is 11.6 Å². The number of aliphatic hydroxyl groups is 1. The van der Waals surface area contributed by atoms with Gasteiger partial charge in [0, 0.05) is 29.6 Å². The topological polar surface area (TPSA) is 84.9 Å². The first-order valence-electron chi connectivity index (χ1n) is 13.0. The van der Waals surface area contributed by atoms with E-state index < -0.39 is 40.6 Å². The van der Waals surface area contributed by atoms with E-state index in [1.807, 2.05) is 30.3 Å². The molecule has 3 unspecified atom stereocenters. The van der Waals surface area contributed by atoms with Crippen LogP contribution < -0.4 is 5.32 Å². The summed E-state index contributed by atoms with van der Waals surface area (Å²) < 4.78 is 11.6. The fourth-order valence-electron chi connectivity index (χ4n) is 4.80. The van der Waals surface area contributed by atoms with Crippen LogP contribution in [0.1, 0.15) is 71.9 Å². The molecule has 0 saturated heterocycles.